The lowest BCUT2D eigenvalue weighted by molar-refractivity contribution is 0.176. The number of rotatable bonds is 6. The van der Waals surface area contributed by atoms with Gasteiger partial charge in [0, 0.05) is 27.7 Å². The number of nitrogens with zero attached hydrogens (tertiary/aromatic N) is 1. The summed E-state index contributed by atoms with van der Waals surface area (Å²) in [4.78, 5) is 0. The van der Waals surface area contributed by atoms with Crippen LogP contribution >= 0.6 is 0 Å². The van der Waals surface area contributed by atoms with Gasteiger partial charge in [0.25, 0.3) is 10.2 Å². The molecule has 0 spiro atoms. The zero-order valence-electron chi connectivity index (χ0n) is 8.15. The number of ether oxygens (including phenoxy) is 1. The molecule has 1 atom stereocenters. The van der Waals surface area contributed by atoms with Crippen LogP contribution in [-0.2, 0) is 14.9 Å². The molecule has 0 aliphatic carbocycles. The molecule has 0 heterocycles. The van der Waals surface area contributed by atoms with Crippen LogP contribution in [0.4, 0.5) is 0 Å². The molecule has 0 saturated carbocycles. The maximum Gasteiger partial charge on any atom is 0.279 e. The van der Waals surface area contributed by atoms with Crippen molar-refractivity contribution < 1.29 is 13.2 Å². The van der Waals surface area contributed by atoms with Gasteiger partial charge in [0.15, 0.2) is 0 Å². The molecule has 0 aromatic rings. The van der Waals surface area contributed by atoms with E-state index in [0.717, 1.165) is 4.31 Å². The SMILES string of the molecule is COCC(CN)NS(=O)(=O)N(C)C. The molecule has 0 amide bonds. The summed E-state index contributed by atoms with van der Waals surface area (Å²) in [5, 5.41) is 0. The van der Waals surface area contributed by atoms with Gasteiger partial charge in [-0.05, 0) is 0 Å². The molecule has 80 valence electrons. The molecule has 6 nitrogen and oxygen atoms in total. The van der Waals surface area contributed by atoms with Gasteiger partial charge in [0.05, 0.1) is 12.6 Å². The van der Waals surface area contributed by atoms with Gasteiger partial charge in [0.2, 0.25) is 0 Å². The van der Waals surface area contributed by atoms with Crippen molar-refractivity contribution in [3.63, 3.8) is 0 Å². The number of nitrogens with one attached hydrogen (secondary N) is 1. The molecule has 7 heteroatoms. The van der Waals surface area contributed by atoms with E-state index < -0.39 is 10.2 Å². The van der Waals surface area contributed by atoms with Crippen LogP contribution < -0.4 is 10.5 Å². The summed E-state index contributed by atoms with van der Waals surface area (Å²) in [6, 6.07) is -0.377. The molecule has 0 radical (unpaired) electrons. The fraction of sp³-hybridized carbons (Fsp3) is 1.00. The Labute approximate surface area is 79.2 Å². The second-order valence-corrected chi connectivity index (χ2v) is 4.71. The molecule has 0 aliphatic heterocycles. The Bertz CT molecular complexity index is 227. The van der Waals surface area contributed by atoms with E-state index >= 15 is 0 Å². The third-order valence-corrected chi connectivity index (χ3v) is 3.04. The molecule has 3 N–H and O–H groups in total. The van der Waals surface area contributed by atoms with Crippen LogP contribution in [0.15, 0.2) is 0 Å². The molecular weight excluding hydrogens is 194 g/mol. The van der Waals surface area contributed by atoms with Crippen molar-refractivity contribution in [1.29, 1.82) is 0 Å². The Morgan fingerprint density at radius 2 is 2.08 bits per heavy atom. The number of hydrogen-bond donors (Lipinski definition) is 2. The van der Waals surface area contributed by atoms with Gasteiger partial charge in [-0.25, -0.2) is 0 Å². The first-order valence-electron chi connectivity index (χ1n) is 3.82. The minimum absolute atomic E-state index is 0.209. The highest BCUT2D eigenvalue weighted by atomic mass is 32.2. The quantitative estimate of drug-likeness (QED) is 0.551. The Hall–Kier alpha value is -0.210. The van der Waals surface area contributed by atoms with Crippen molar-refractivity contribution >= 4 is 10.2 Å². The van der Waals surface area contributed by atoms with E-state index in [1.165, 1.54) is 21.2 Å². The van der Waals surface area contributed by atoms with Crippen molar-refractivity contribution in [3.8, 4) is 0 Å². The Morgan fingerprint density at radius 3 is 2.38 bits per heavy atom. The normalized spacial score (nSPS) is 14.8. The molecule has 0 rings (SSSR count). The van der Waals surface area contributed by atoms with Crippen molar-refractivity contribution in [2.24, 2.45) is 5.73 Å². The summed E-state index contributed by atoms with van der Waals surface area (Å²) in [5.41, 5.74) is 5.34. The summed E-state index contributed by atoms with van der Waals surface area (Å²) in [6.07, 6.45) is 0. The smallest absolute Gasteiger partial charge is 0.279 e. The number of methoxy groups -OCH3 is 1. The van der Waals surface area contributed by atoms with Gasteiger partial charge in [0.1, 0.15) is 0 Å². The first-order chi connectivity index (χ1) is 5.94. The summed E-state index contributed by atoms with van der Waals surface area (Å²) >= 11 is 0. The molecule has 13 heavy (non-hydrogen) atoms. The molecule has 0 saturated heterocycles. The van der Waals surface area contributed by atoms with E-state index in [9.17, 15) is 8.42 Å². The molecule has 0 fully saturated rings. The summed E-state index contributed by atoms with van der Waals surface area (Å²) in [7, 11) is 0.979. The predicted molar refractivity (Wildman–Crippen MR) is 50.5 cm³/mol. The Balaban J connectivity index is 4.23. The maximum absolute atomic E-state index is 11.3. The average Bonchev–Trinajstić information content (AvgIpc) is 2.03. The molecular formula is C6H17N3O3S. The van der Waals surface area contributed by atoms with Crippen LogP contribution in [0, 0.1) is 0 Å². The third-order valence-electron chi connectivity index (χ3n) is 1.45. The first-order valence-corrected chi connectivity index (χ1v) is 5.26. The lowest BCUT2D eigenvalue weighted by atomic mass is 10.3. The van der Waals surface area contributed by atoms with E-state index in [0.29, 0.717) is 0 Å². The lowest BCUT2D eigenvalue weighted by Gasteiger charge is -2.18. The Kier molecular flexibility index (Phi) is 5.42. The van der Waals surface area contributed by atoms with Gasteiger partial charge < -0.3 is 10.5 Å². The molecule has 0 aromatic heterocycles. The highest BCUT2D eigenvalue weighted by Gasteiger charge is 2.18. The van der Waals surface area contributed by atoms with Crippen LogP contribution in [0.3, 0.4) is 0 Å². The van der Waals surface area contributed by atoms with E-state index in [4.69, 9.17) is 10.5 Å². The van der Waals surface area contributed by atoms with E-state index in [1.54, 1.807) is 0 Å². The topological polar surface area (TPSA) is 84.7 Å². The van der Waals surface area contributed by atoms with Gasteiger partial charge in [-0.15, -0.1) is 0 Å². The highest BCUT2D eigenvalue weighted by Crippen LogP contribution is 1.92. The maximum atomic E-state index is 11.3. The number of hydrogen-bond acceptors (Lipinski definition) is 4. The average molecular weight is 211 g/mol. The second-order valence-electron chi connectivity index (χ2n) is 2.79. The molecule has 0 aromatic carbocycles. The first kappa shape index (κ1) is 12.8. The summed E-state index contributed by atoms with van der Waals surface area (Å²) in [6.45, 7) is 0.477. The third kappa shape index (κ3) is 4.53. The van der Waals surface area contributed by atoms with Crippen LogP contribution in [0.1, 0.15) is 0 Å². The van der Waals surface area contributed by atoms with Crippen molar-refractivity contribution in [1.82, 2.24) is 9.03 Å². The van der Waals surface area contributed by atoms with Crippen molar-refractivity contribution in [3.05, 3.63) is 0 Å². The van der Waals surface area contributed by atoms with E-state index in [-0.39, 0.29) is 19.2 Å². The van der Waals surface area contributed by atoms with Crippen molar-refractivity contribution in [2.75, 3.05) is 34.4 Å². The minimum Gasteiger partial charge on any atom is -0.383 e. The van der Waals surface area contributed by atoms with Gasteiger partial charge in [-0.3, -0.25) is 0 Å². The fourth-order valence-corrected chi connectivity index (χ4v) is 1.46. The van der Waals surface area contributed by atoms with Crippen LogP contribution in [0.5, 0.6) is 0 Å². The monoisotopic (exact) mass is 211 g/mol. The van der Waals surface area contributed by atoms with E-state index in [2.05, 4.69) is 4.72 Å². The highest BCUT2D eigenvalue weighted by molar-refractivity contribution is 7.87. The van der Waals surface area contributed by atoms with Crippen LogP contribution in [0.2, 0.25) is 0 Å². The molecule has 0 aliphatic rings. The van der Waals surface area contributed by atoms with Gasteiger partial charge in [-0.2, -0.15) is 17.4 Å². The summed E-state index contributed by atoms with van der Waals surface area (Å²) < 4.78 is 30.8. The number of nitrogens with two attached hydrogens (primary N) is 1. The molecule has 1 unspecified atom stereocenters. The lowest BCUT2D eigenvalue weighted by Crippen LogP contribution is -2.47. The zero-order chi connectivity index (χ0) is 10.5. The Morgan fingerprint density at radius 1 is 1.54 bits per heavy atom. The van der Waals surface area contributed by atoms with Crippen molar-refractivity contribution in [2.45, 2.75) is 6.04 Å². The summed E-state index contributed by atoms with van der Waals surface area (Å²) in [5.74, 6) is 0. The van der Waals surface area contributed by atoms with Gasteiger partial charge in [-0.1, -0.05) is 0 Å². The van der Waals surface area contributed by atoms with E-state index in [1.807, 2.05) is 0 Å². The van der Waals surface area contributed by atoms with Crippen LogP contribution in [0.25, 0.3) is 0 Å². The standard InChI is InChI=1S/C6H17N3O3S/c1-9(2)13(10,11)8-6(4-7)5-12-3/h6,8H,4-5,7H2,1-3H3. The fourth-order valence-electron chi connectivity index (χ4n) is 0.667. The predicted octanol–water partition coefficient (Wildman–Crippen LogP) is -1.64. The zero-order valence-corrected chi connectivity index (χ0v) is 8.97. The minimum atomic E-state index is -3.41. The van der Waals surface area contributed by atoms with Gasteiger partial charge >= 0.3 is 0 Å². The van der Waals surface area contributed by atoms with Crippen LogP contribution in [-0.4, -0.2) is 53.1 Å². The largest absolute Gasteiger partial charge is 0.383 e. The second kappa shape index (κ2) is 5.51. The molecule has 0 bridgehead atoms.